The Balaban J connectivity index is 1.76. The number of nitrogens with zero attached hydrogens (tertiary/aromatic N) is 2. The Kier molecular flexibility index (Phi) is 2.83. The van der Waals surface area contributed by atoms with Gasteiger partial charge in [0, 0.05) is 31.4 Å². The summed E-state index contributed by atoms with van der Waals surface area (Å²) in [4.78, 5) is 6.49. The van der Waals surface area contributed by atoms with Gasteiger partial charge >= 0.3 is 0 Å². The van der Waals surface area contributed by atoms with Gasteiger partial charge in [-0.25, -0.2) is 4.98 Å². The largest absolute Gasteiger partial charge is 0.290 e. The van der Waals surface area contributed by atoms with Gasteiger partial charge in [0.25, 0.3) is 0 Å². The molecule has 3 heteroatoms. The van der Waals surface area contributed by atoms with Crippen LogP contribution in [0, 0.1) is 0 Å². The van der Waals surface area contributed by atoms with Crippen LogP contribution in [0.5, 0.6) is 0 Å². The molecular formula is C14H13ClN2. The van der Waals surface area contributed by atoms with Crippen LogP contribution in [0.1, 0.15) is 16.7 Å². The summed E-state index contributed by atoms with van der Waals surface area (Å²) in [6, 6.07) is 12.6. The molecule has 0 saturated heterocycles. The van der Waals surface area contributed by atoms with Crippen molar-refractivity contribution in [1.29, 1.82) is 0 Å². The first kappa shape index (κ1) is 10.8. The number of halogens is 1. The molecular weight excluding hydrogens is 232 g/mol. The Bertz CT molecular complexity index is 514. The minimum Gasteiger partial charge on any atom is -0.290 e. The van der Waals surface area contributed by atoms with Crippen LogP contribution < -0.4 is 0 Å². The lowest BCUT2D eigenvalue weighted by Gasteiger charge is -2.15. The van der Waals surface area contributed by atoms with Crippen LogP contribution in [0.2, 0.25) is 5.15 Å². The summed E-state index contributed by atoms with van der Waals surface area (Å²) in [7, 11) is 0. The van der Waals surface area contributed by atoms with Crippen LogP contribution in [0.15, 0.2) is 42.6 Å². The second kappa shape index (κ2) is 4.47. The van der Waals surface area contributed by atoms with Crippen LogP contribution >= 0.6 is 11.6 Å². The average molecular weight is 245 g/mol. The number of hydrogen-bond donors (Lipinski definition) is 0. The standard InChI is InChI=1S/C14H13ClN2/c15-14-13(6-3-7-16-14)10-17-8-11-4-1-2-5-12(11)9-17/h1-7H,8-10H2. The van der Waals surface area contributed by atoms with Gasteiger partial charge in [-0.1, -0.05) is 41.9 Å². The lowest BCUT2D eigenvalue weighted by Crippen LogP contribution is -2.16. The molecule has 0 amide bonds. The van der Waals surface area contributed by atoms with E-state index in [1.165, 1.54) is 11.1 Å². The van der Waals surface area contributed by atoms with Crippen molar-refractivity contribution < 1.29 is 0 Å². The van der Waals surface area contributed by atoms with E-state index in [1.807, 2.05) is 12.1 Å². The van der Waals surface area contributed by atoms with Gasteiger partial charge in [0.1, 0.15) is 5.15 Å². The Hall–Kier alpha value is -1.38. The quantitative estimate of drug-likeness (QED) is 0.754. The van der Waals surface area contributed by atoms with Crippen LogP contribution in [0.4, 0.5) is 0 Å². The summed E-state index contributed by atoms with van der Waals surface area (Å²) >= 11 is 6.08. The van der Waals surface area contributed by atoms with Crippen molar-refractivity contribution in [2.75, 3.05) is 0 Å². The Morgan fingerprint density at radius 3 is 2.41 bits per heavy atom. The maximum absolute atomic E-state index is 6.08. The van der Waals surface area contributed by atoms with E-state index in [2.05, 4.69) is 34.1 Å². The van der Waals surface area contributed by atoms with E-state index in [9.17, 15) is 0 Å². The number of benzene rings is 1. The lowest BCUT2D eigenvalue weighted by atomic mass is 10.1. The zero-order valence-corrected chi connectivity index (χ0v) is 10.2. The van der Waals surface area contributed by atoms with E-state index in [0.29, 0.717) is 5.15 Å². The first-order valence-corrected chi connectivity index (χ1v) is 6.09. The SMILES string of the molecule is Clc1ncccc1CN1Cc2ccccc2C1. The predicted molar refractivity (Wildman–Crippen MR) is 68.6 cm³/mol. The second-order valence-corrected chi connectivity index (χ2v) is 4.73. The van der Waals surface area contributed by atoms with E-state index in [1.54, 1.807) is 6.20 Å². The molecule has 1 aromatic carbocycles. The highest BCUT2D eigenvalue weighted by atomic mass is 35.5. The molecule has 17 heavy (non-hydrogen) atoms. The monoisotopic (exact) mass is 244 g/mol. The van der Waals surface area contributed by atoms with Gasteiger partial charge in [0.15, 0.2) is 0 Å². The molecule has 2 nitrogen and oxygen atoms in total. The van der Waals surface area contributed by atoms with Crippen LogP contribution in [-0.2, 0) is 19.6 Å². The van der Waals surface area contributed by atoms with Crippen molar-refractivity contribution >= 4 is 11.6 Å². The molecule has 86 valence electrons. The molecule has 0 bridgehead atoms. The normalized spacial score (nSPS) is 14.9. The summed E-state index contributed by atoms with van der Waals surface area (Å²) in [6.45, 7) is 2.87. The number of aromatic nitrogens is 1. The van der Waals surface area contributed by atoms with Crippen molar-refractivity contribution in [2.45, 2.75) is 19.6 Å². The molecule has 1 aromatic heterocycles. The van der Waals surface area contributed by atoms with Crippen molar-refractivity contribution in [3.63, 3.8) is 0 Å². The summed E-state index contributed by atoms with van der Waals surface area (Å²) in [5.74, 6) is 0. The van der Waals surface area contributed by atoms with E-state index in [0.717, 1.165) is 25.2 Å². The van der Waals surface area contributed by atoms with Crippen molar-refractivity contribution in [2.24, 2.45) is 0 Å². The van der Waals surface area contributed by atoms with Crippen molar-refractivity contribution in [3.8, 4) is 0 Å². The highest BCUT2D eigenvalue weighted by Crippen LogP contribution is 2.25. The van der Waals surface area contributed by atoms with Gasteiger partial charge in [0.2, 0.25) is 0 Å². The molecule has 3 rings (SSSR count). The maximum Gasteiger partial charge on any atom is 0.133 e. The highest BCUT2D eigenvalue weighted by Gasteiger charge is 2.18. The van der Waals surface area contributed by atoms with Gasteiger partial charge < -0.3 is 0 Å². The molecule has 2 aromatic rings. The fraction of sp³-hybridized carbons (Fsp3) is 0.214. The van der Waals surface area contributed by atoms with Crippen molar-refractivity contribution in [3.05, 3.63) is 64.4 Å². The number of rotatable bonds is 2. The maximum atomic E-state index is 6.08. The van der Waals surface area contributed by atoms with Crippen LogP contribution in [0.25, 0.3) is 0 Å². The first-order chi connectivity index (χ1) is 8.33. The molecule has 2 heterocycles. The van der Waals surface area contributed by atoms with Gasteiger partial charge in [-0.2, -0.15) is 0 Å². The molecule has 0 fully saturated rings. The molecule has 0 aliphatic carbocycles. The zero-order valence-electron chi connectivity index (χ0n) is 9.44. The average Bonchev–Trinajstić information content (AvgIpc) is 2.74. The van der Waals surface area contributed by atoms with Crippen molar-refractivity contribution in [1.82, 2.24) is 9.88 Å². The van der Waals surface area contributed by atoms with Crippen LogP contribution in [-0.4, -0.2) is 9.88 Å². The first-order valence-electron chi connectivity index (χ1n) is 5.71. The van der Waals surface area contributed by atoms with Gasteiger partial charge in [-0.05, 0) is 17.2 Å². The Labute approximate surface area is 106 Å². The summed E-state index contributed by atoms with van der Waals surface area (Å²) in [5.41, 5.74) is 3.95. The summed E-state index contributed by atoms with van der Waals surface area (Å²) in [6.07, 6.45) is 1.73. The topological polar surface area (TPSA) is 16.1 Å². The third kappa shape index (κ3) is 2.19. The number of fused-ring (bicyclic) bond motifs is 1. The number of pyridine rings is 1. The number of hydrogen-bond acceptors (Lipinski definition) is 2. The van der Waals surface area contributed by atoms with Crippen LogP contribution in [0.3, 0.4) is 0 Å². The molecule has 0 N–H and O–H groups in total. The van der Waals surface area contributed by atoms with E-state index < -0.39 is 0 Å². The zero-order chi connectivity index (χ0) is 11.7. The minimum atomic E-state index is 0.614. The van der Waals surface area contributed by atoms with Gasteiger partial charge in [0.05, 0.1) is 0 Å². The molecule has 0 radical (unpaired) electrons. The van der Waals surface area contributed by atoms with Gasteiger partial charge in [-0.3, -0.25) is 4.90 Å². The fourth-order valence-corrected chi connectivity index (χ4v) is 2.47. The lowest BCUT2D eigenvalue weighted by molar-refractivity contribution is 0.275. The van der Waals surface area contributed by atoms with E-state index in [4.69, 9.17) is 11.6 Å². The smallest absolute Gasteiger partial charge is 0.133 e. The highest BCUT2D eigenvalue weighted by molar-refractivity contribution is 6.30. The summed E-state index contributed by atoms with van der Waals surface area (Å²) in [5, 5.41) is 0.614. The fourth-order valence-electron chi connectivity index (χ4n) is 2.29. The molecule has 1 aliphatic heterocycles. The molecule has 1 aliphatic rings. The molecule has 0 saturated carbocycles. The Morgan fingerprint density at radius 2 is 1.76 bits per heavy atom. The third-order valence-electron chi connectivity index (χ3n) is 3.14. The van der Waals surface area contributed by atoms with E-state index >= 15 is 0 Å². The van der Waals surface area contributed by atoms with E-state index in [-0.39, 0.29) is 0 Å². The van der Waals surface area contributed by atoms with Gasteiger partial charge in [-0.15, -0.1) is 0 Å². The Morgan fingerprint density at radius 1 is 1.06 bits per heavy atom. The summed E-state index contributed by atoms with van der Waals surface area (Å²) < 4.78 is 0. The molecule has 0 atom stereocenters. The second-order valence-electron chi connectivity index (χ2n) is 4.37. The predicted octanol–water partition coefficient (Wildman–Crippen LogP) is 3.25. The molecule has 0 spiro atoms. The minimum absolute atomic E-state index is 0.614. The molecule has 0 unspecified atom stereocenters. The third-order valence-corrected chi connectivity index (χ3v) is 3.48.